The normalized spacial score (nSPS) is 6.67. The zero-order chi connectivity index (χ0) is 5.11. The van der Waals surface area contributed by atoms with Gasteiger partial charge in [-0.05, 0) is 0 Å². The Morgan fingerprint density at radius 3 is 1.78 bits per heavy atom. The SMILES string of the molecule is Cl.Cl.[O-][n+]1ccncc1. The van der Waals surface area contributed by atoms with Crippen LogP contribution in [0, 0.1) is 5.21 Å². The molecule has 0 N–H and O–H groups in total. The number of rotatable bonds is 0. The average Bonchev–Trinajstić information content (AvgIpc) is 1.69. The minimum absolute atomic E-state index is 0. The predicted molar refractivity (Wildman–Crippen MR) is 37.7 cm³/mol. The Labute approximate surface area is 65.1 Å². The van der Waals surface area contributed by atoms with E-state index in [9.17, 15) is 5.21 Å². The number of nitrogens with zero attached hydrogens (tertiary/aromatic N) is 2. The molecule has 0 atom stereocenters. The first-order valence-electron chi connectivity index (χ1n) is 1.88. The molecule has 0 bridgehead atoms. The van der Waals surface area contributed by atoms with Crippen LogP contribution in [0.15, 0.2) is 24.8 Å². The summed E-state index contributed by atoms with van der Waals surface area (Å²) in [5.74, 6) is 0. The first-order chi connectivity index (χ1) is 3.39. The summed E-state index contributed by atoms with van der Waals surface area (Å²) in [6, 6.07) is 0. The van der Waals surface area contributed by atoms with Crippen LogP contribution < -0.4 is 4.73 Å². The van der Waals surface area contributed by atoms with Crippen molar-refractivity contribution in [2.24, 2.45) is 0 Å². The minimum atomic E-state index is 0. The minimum Gasteiger partial charge on any atom is -0.619 e. The molecule has 0 fully saturated rings. The van der Waals surface area contributed by atoms with Gasteiger partial charge in [-0.3, -0.25) is 4.98 Å². The second-order valence-electron chi connectivity index (χ2n) is 1.11. The van der Waals surface area contributed by atoms with Crippen molar-refractivity contribution in [3.05, 3.63) is 30.0 Å². The van der Waals surface area contributed by atoms with Crippen LogP contribution in [-0.2, 0) is 0 Å². The Morgan fingerprint density at radius 2 is 1.56 bits per heavy atom. The summed E-state index contributed by atoms with van der Waals surface area (Å²) < 4.78 is 0.688. The van der Waals surface area contributed by atoms with Crippen LogP contribution in [-0.4, -0.2) is 4.98 Å². The largest absolute Gasteiger partial charge is 0.619 e. The summed E-state index contributed by atoms with van der Waals surface area (Å²) in [5.41, 5.74) is 0. The standard InChI is InChI=1S/C4H4N2O.2ClH/c7-6-3-1-5-2-4-6;;/h1-4H;2*1H. The summed E-state index contributed by atoms with van der Waals surface area (Å²) in [7, 11) is 0. The lowest BCUT2D eigenvalue weighted by molar-refractivity contribution is -0.606. The molecule has 0 saturated carbocycles. The van der Waals surface area contributed by atoms with Gasteiger partial charge in [0, 0.05) is 0 Å². The Kier molecular flexibility index (Phi) is 7.01. The van der Waals surface area contributed by atoms with Gasteiger partial charge in [-0.15, -0.1) is 24.8 Å². The summed E-state index contributed by atoms with van der Waals surface area (Å²) >= 11 is 0. The van der Waals surface area contributed by atoms with Gasteiger partial charge in [0.05, 0.1) is 12.4 Å². The quantitative estimate of drug-likeness (QED) is 0.420. The van der Waals surface area contributed by atoms with E-state index in [1.54, 1.807) is 0 Å². The molecule has 52 valence electrons. The van der Waals surface area contributed by atoms with E-state index in [4.69, 9.17) is 0 Å². The van der Waals surface area contributed by atoms with Gasteiger partial charge >= 0.3 is 0 Å². The van der Waals surface area contributed by atoms with Crippen LogP contribution in [0.2, 0.25) is 0 Å². The van der Waals surface area contributed by atoms with Crippen LogP contribution in [0.3, 0.4) is 0 Å². The van der Waals surface area contributed by atoms with Crippen LogP contribution >= 0.6 is 24.8 Å². The molecule has 0 aliphatic carbocycles. The molecule has 0 aliphatic heterocycles. The fraction of sp³-hybridized carbons (Fsp3) is 0. The fourth-order valence-corrected chi connectivity index (χ4v) is 0.308. The Balaban J connectivity index is 0. The lowest BCUT2D eigenvalue weighted by Crippen LogP contribution is -2.23. The van der Waals surface area contributed by atoms with Crippen LogP contribution in [0.5, 0.6) is 0 Å². The molecule has 1 rings (SSSR count). The third kappa shape index (κ3) is 4.00. The molecule has 0 amide bonds. The van der Waals surface area contributed by atoms with Gasteiger partial charge in [0.25, 0.3) is 0 Å². The highest BCUT2D eigenvalue weighted by Crippen LogP contribution is 1.63. The van der Waals surface area contributed by atoms with E-state index in [2.05, 4.69) is 4.98 Å². The summed E-state index contributed by atoms with van der Waals surface area (Å²) in [5, 5.41) is 10.1. The maximum atomic E-state index is 10.1. The lowest BCUT2D eigenvalue weighted by Gasteiger charge is -1.87. The van der Waals surface area contributed by atoms with Crippen molar-refractivity contribution in [3.8, 4) is 0 Å². The molecule has 1 heterocycles. The molecule has 5 heteroatoms. The first kappa shape index (κ1) is 11.3. The molecule has 0 saturated heterocycles. The fourth-order valence-electron chi connectivity index (χ4n) is 0.308. The highest BCUT2D eigenvalue weighted by molar-refractivity contribution is 5.85. The van der Waals surface area contributed by atoms with E-state index in [1.165, 1.54) is 24.8 Å². The molecule has 9 heavy (non-hydrogen) atoms. The molecule has 0 radical (unpaired) electrons. The van der Waals surface area contributed by atoms with Crippen molar-refractivity contribution in [1.82, 2.24) is 4.98 Å². The predicted octanol–water partition coefficient (Wildman–Crippen LogP) is 0.559. The zero-order valence-corrected chi connectivity index (χ0v) is 6.06. The third-order valence-corrected chi connectivity index (χ3v) is 0.599. The Hall–Kier alpha value is -0.540. The molecular formula is C4H6Cl2N2O. The molecule has 3 nitrogen and oxygen atoms in total. The van der Waals surface area contributed by atoms with Gasteiger partial charge in [-0.25, -0.2) is 0 Å². The van der Waals surface area contributed by atoms with E-state index in [0.717, 1.165) is 0 Å². The van der Waals surface area contributed by atoms with Crippen LogP contribution in [0.1, 0.15) is 0 Å². The third-order valence-electron chi connectivity index (χ3n) is 0.599. The van der Waals surface area contributed by atoms with Crippen molar-refractivity contribution >= 4 is 24.8 Å². The van der Waals surface area contributed by atoms with E-state index in [-0.39, 0.29) is 24.8 Å². The summed E-state index contributed by atoms with van der Waals surface area (Å²) in [6.45, 7) is 0. The monoisotopic (exact) mass is 168 g/mol. The molecule has 1 aromatic rings. The second kappa shape index (κ2) is 5.59. The van der Waals surface area contributed by atoms with Gasteiger partial charge < -0.3 is 5.21 Å². The highest BCUT2D eigenvalue weighted by atomic mass is 35.5. The highest BCUT2D eigenvalue weighted by Gasteiger charge is 1.76. The summed E-state index contributed by atoms with van der Waals surface area (Å²) in [4.78, 5) is 3.62. The van der Waals surface area contributed by atoms with Crippen molar-refractivity contribution < 1.29 is 4.73 Å². The number of aromatic nitrogens is 2. The van der Waals surface area contributed by atoms with Gasteiger partial charge in [0.15, 0.2) is 12.4 Å². The molecule has 0 spiro atoms. The molecule has 1 aromatic heterocycles. The van der Waals surface area contributed by atoms with Gasteiger partial charge in [0.1, 0.15) is 0 Å². The Bertz CT molecular complexity index is 146. The molecule has 0 unspecified atom stereocenters. The van der Waals surface area contributed by atoms with Crippen LogP contribution in [0.4, 0.5) is 0 Å². The number of hydrogen-bond acceptors (Lipinski definition) is 2. The maximum Gasteiger partial charge on any atom is 0.198 e. The van der Waals surface area contributed by atoms with Gasteiger partial charge in [-0.1, -0.05) is 0 Å². The smallest absolute Gasteiger partial charge is 0.198 e. The van der Waals surface area contributed by atoms with Crippen molar-refractivity contribution in [1.29, 1.82) is 0 Å². The van der Waals surface area contributed by atoms with Gasteiger partial charge in [-0.2, -0.15) is 4.73 Å². The van der Waals surface area contributed by atoms with E-state index >= 15 is 0 Å². The van der Waals surface area contributed by atoms with Crippen LogP contribution in [0.25, 0.3) is 0 Å². The molecule has 0 aliphatic rings. The second-order valence-corrected chi connectivity index (χ2v) is 1.11. The number of halogens is 2. The lowest BCUT2D eigenvalue weighted by atomic mass is 10.8. The van der Waals surface area contributed by atoms with E-state index in [1.807, 2.05) is 0 Å². The number of hydrogen-bond donors (Lipinski definition) is 0. The Morgan fingerprint density at radius 1 is 1.11 bits per heavy atom. The molecule has 0 aromatic carbocycles. The maximum absolute atomic E-state index is 10.1. The topological polar surface area (TPSA) is 39.8 Å². The molecular weight excluding hydrogens is 163 g/mol. The summed E-state index contributed by atoms with van der Waals surface area (Å²) in [6.07, 6.45) is 5.54. The van der Waals surface area contributed by atoms with Crippen molar-refractivity contribution in [2.45, 2.75) is 0 Å². The van der Waals surface area contributed by atoms with E-state index < -0.39 is 0 Å². The van der Waals surface area contributed by atoms with Gasteiger partial charge in [0.2, 0.25) is 0 Å². The average molecular weight is 169 g/mol. The van der Waals surface area contributed by atoms with Crippen molar-refractivity contribution in [3.63, 3.8) is 0 Å². The van der Waals surface area contributed by atoms with E-state index in [0.29, 0.717) is 4.73 Å². The van der Waals surface area contributed by atoms with Crippen molar-refractivity contribution in [2.75, 3.05) is 0 Å². The first-order valence-corrected chi connectivity index (χ1v) is 1.88. The zero-order valence-electron chi connectivity index (χ0n) is 4.43.